The standard InChI is InChI=1S/C14H26O2/c1-3-5-6-7-8-9-10-11-12-13(4-2)14(15)16/h5-6,13H,3-4,7-12H2,1-2H3,(H,15,16)/b6-5+. The first-order chi connectivity index (χ1) is 7.72. The first-order valence-corrected chi connectivity index (χ1v) is 6.60. The third kappa shape index (κ3) is 8.51. The second-order valence-electron chi connectivity index (χ2n) is 4.31. The molecule has 0 fully saturated rings. The smallest absolute Gasteiger partial charge is 0.306 e. The van der Waals surface area contributed by atoms with E-state index in [1.54, 1.807) is 0 Å². The number of hydrogen-bond donors (Lipinski definition) is 1. The predicted molar refractivity (Wildman–Crippen MR) is 68.5 cm³/mol. The van der Waals surface area contributed by atoms with Crippen molar-refractivity contribution in [2.75, 3.05) is 0 Å². The highest BCUT2D eigenvalue weighted by atomic mass is 16.4. The zero-order chi connectivity index (χ0) is 12.2. The molecule has 0 bridgehead atoms. The van der Waals surface area contributed by atoms with Crippen LogP contribution in [0.25, 0.3) is 0 Å². The molecule has 94 valence electrons. The summed E-state index contributed by atoms with van der Waals surface area (Å²) in [7, 11) is 0. The van der Waals surface area contributed by atoms with Crippen molar-refractivity contribution in [3.63, 3.8) is 0 Å². The van der Waals surface area contributed by atoms with Crippen LogP contribution < -0.4 is 0 Å². The van der Waals surface area contributed by atoms with E-state index in [1.807, 2.05) is 6.92 Å². The number of carbonyl (C=O) groups is 1. The Kier molecular flexibility index (Phi) is 10.2. The molecule has 16 heavy (non-hydrogen) atoms. The van der Waals surface area contributed by atoms with Crippen LogP contribution in [-0.4, -0.2) is 11.1 Å². The van der Waals surface area contributed by atoms with Crippen LogP contribution in [0.15, 0.2) is 12.2 Å². The van der Waals surface area contributed by atoms with E-state index in [-0.39, 0.29) is 5.92 Å². The molecule has 0 saturated heterocycles. The first-order valence-electron chi connectivity index (χ1n) is 6.60. The fraction of sp³-hybridized carbons (Fsp3) is 0.786. The van der Waals surface area contributed by atoms with Crippen LogP contribution in [0.5, 0.6) is 0 Å². The summed E-state index contributed by atoms with van der Waals surface area (Å²) in [5.74, 6) is -0.756. The Labute approximate surface area is 99.7 Å². The highest BCUT2D eigenvalue weighted by Crippen LogP contribution is 2.14. The van der Waals surface area contributed by atoms with Crippen LogP contribution in [0.3, 0.4) is 0 Å². The van der Waals surface area contributed by atoms with Gasteiger partial charge in [0.05, 0.1) is 5.92 Å². The van der Waals surface area contributed by atoms with Gasteiger partial charge in [-0.05, 0) is 32.1 Å². The first kappa shape index (κ1) is 15.2. The Morgan fingerprint density at radius 3 is 2.38 bits per heavy atom. The molecule has 0 aromatic rings. The van der Waals surface area contributed by atoms with Gasteiger partial charge in [-0.25, -0.2) is 0 Å². The third-order valence-electron chi connectivity index (χ3n) is 2.92. The summed E-state index contributed by atoms with van der Waals surface area (Å²) < 4.78 is 0. The second kappa shape index (κ2) is 10.7. The molecule has 2 heteroatoms. The topological polar surface area (TPSA) is 37.3 Å². The maximum atomic E-state index is 10.8. The number of carboxylic acid groups (broad SMARTS) is 1. The number of unbranched alkanes of at least 4 members (excludes halogenated alkanes) is 4. The number of rotatable bonds is 10. The van der Waals surface area contributed by atoms with Gasteiger partial charge in [-0.3, -0.25) is 4.79 Å². The average Bonchev–Trinajstić information content (AvgIpc) is 2.26. The molecule has 0 heterocycles. The van der Waals surface area contributed by atoms with Crippen molar-refractivity contribution in [1.82, 2.24) is 0 Å². The maximum Gasteiger partial charge on any atom is 0.306 e. The quantitative estimate of drug-likeness (QED) is 0.442. The Bertz CT molecular complexity index is 197. The van der Waals surface area contributed by atoms with Gasteiger partial charge in [-0.1, -0.05) is 45.3 Å². The minimum Gasteiger partial charge on any atom is -0.481 e. The molecule has 0 aliphatic rings. The Hall–Kier alpha value is -0.790. The van der Waals surface area contributed by atoms with Gasteiger partial charge in [-0.2, -0.15) is 0 Å². The largest absolute Gasteiger partial charge is 0.481 e. The molecule has 0 aromatic carbocycles. The maximum absolute atomic E-state index is 10.8. The molecule has 0 aliphatic carbocycles. The van der Waals surface area contributed by atoms with E-state index in [1.165, 1.54) is 25.7 Å². The van der Waals surface area contributed by atoms with Crippen molar-refractivity contribution in [1.29, 1.82) is 0 Å². The van der Waals surface area contributed by atoms with Crippen LogP contribution in [0.1, 0.15) is 65.2 Å². The zero-order valence-electron chi connectivity index (χ0n) is 10.7. The third-order valence-corrected chi connectivity index (χ3v) is 2.92. The molecule has 0 rings (SSSR count). The van der Waals surface area contributed by atoms with E-state index in [0.29, 0.717) is 0 Å². The van der Waals surface area contributed by atoms with Crippen LogP contribution in [0, 0.1) is 5.92 Å². The molecular weight excluding hydrogens is 200 g/mol. The molecular formula is C14H26O2. The lowest BCUT2D eigenvalue weighted by Crippen LogP contribution is -2.12. The summed E-state index contributed by atoms with van der Waals surface area (Å²) in [4.78, 5) is 10.8. The van der Waals surface area contributed by atoms with Crippen LogP contribution >= 0.6 is 0 Å². The Morgan fingerprint density at radius 2 is 1.81 bits per heavy atom. The Balaban J connectivity index is 3.32. The number of carboxylic acids is 1. The SMILES string of the molecule is CC/C=C/CCCCCCC(CC)C(=O)O. The van der Waals surface area contributed by atoms with Gasteiger partial charge in [0.15, 0.2) is 0 Å². The monoisotopic (exact) mass is 226 g/mol. The molecule has 2 nitrogen and oxygen atoms in total. The highest BCUT2D eigenvalue weighted by Gasteiger charge is 2.13. The number of allylic oxidation sites excluding steroid dienone is 2. The minimum absolute atomic E-state index is 0.125. The predicted octanol–water partition coefficient (Wildman–Crippen LogP) is 4.40. The summed E-state index contributed by atoms with van der Waals surface area (Å²) in [6, 6.07) is 0. The molecule has 0 aromatic heterocycles. The van der Waals surface area contributed by atoms with E-state index >= 15 is 0 Å². The van der Waals surface area contributed by atoms with Gasteiger partial charge in [0.1, 0.15) is 0 Å². The molecule has 1 atom stereocenters. The lowest BCUT2D eigenvalue weighted by molar-refractivity contribution is -0.142. The van der Waals surface area contributed by atoms with Crippen LogP contribution in [0.4, 0.5) is 0 Å². The summed E-state index contributed by atoms with van der Waals surface area (Å²) in [5.41, 5.74) is 0. The van der Waals surface area contributed by atoms with Crippen molar-refractivity contribution in [2.45, 2.75) is 65.2 Å². The van der Waals surface area contributed by atoms with Crippen LogP contribution in [-0.2, 0) is 4.79 Å². The van der Waals surface area contributed by atoms with Crippen molar-refractivity contribution >= 4 is 5.97 Å². The van der Waals surface area contributed by atoms with Crippen molar-refractivity contribution in [2.24, 2.45) is 5.92 Å². The lowest BCUT2D eigenvalue weighted by atomic mass is 9.98. The van der Waals surface area contributed by atoms with Crippen molar-refractivity contribution in [3.8, 4) is 0 Å². The van der Waals surface area contributed by atoms with Gasteiger partial charge >= 0.3 is 5.97 Å². The van der Waals surface area contributed by atoms with Gasteiger partial charge in [0, 0.05) is 0 Å². The number of hydrogen-bond acceptors (Lipinski definition) is 1. The molecule has 0 saturated carbocycles. The average molecular weight is 226 g/mol. The van der Waals surface area contributed by atoms with E-state index in [2.05, 4.69) is 19.1 Å². The summed E-state index contributed by atoms with van der Waals surface area (Å²) in [5, 5.41) is 8.86. The fourth-order valence-electron chi connectivity index (χ4n) is 1.79. The van der Waals surface area contributed by atoms with Gasteiger partial charge in [0.2, 0.25) is 0 Å². The summed E-state index contributed by atoms with van der Waals surface area (Å²) >= 11 is 0. The van der Waals surface area contributed by atoms with Crippen molar-refractivity contribution < 1.29 is 9.90 Å². The molecule has 0 spiro atoms. The normalized spacial score (nSPS) is 13.1. The van der Waals surface area contributed by atoms with Crippen LogP contribution in [0.2, 0.25) is 0 Å². The lowest BCUT2D eigenvalue weighted by Gasteiger charge is -2.08. The van der Waals surface area contributed by atoms with E-state index in [4.69, 9.17) is 5.11 Å². The fourth-order valence-corrected chi connectivity index (χ4v) is 1.79. The van der Waals surface area contributed by atoms with Gasteiger partial charge < -0.3 is 5.11 Å². The zero-order valence-corrected chi connectivity index (χ0v) is 10.7. The van der Waals surface area contributed by atoms with Gasteiger partial charge in [-0.15, -0.1) is 0 Å². The summed E-state index contributed by atoms with van der Waals surface area (Å²) in [6.07, 6.45) is 13.0. The molecule has 0 aliphatic heterocycles. The van der Waals surface area contributed by atoms with Crippen molar-refractivity contribution in [3.05, 3.63) is 12.2 Å². The molecule has 1 N–H and O–H groups in total. The Morgan fingerprint density at radius 1 is 1.12 bits per heavy atom. The van der Waals surface area contributed by atoms with E-state index in [9.17, 15) is 4.79 Å². The number of aliphatic carboxylic acids is 1. The van der Waals surface area contributed by atoms with E-state index < -0.39 is 5.97 Å². The summed E-state index contributed by atoms with van der Waals surface area (Å²) in [6.45, 7) is 4.10. The molecule has 1 unspecified atom stereocenters. The van der Waals surface area contributed by atoms with Gasteiger partial charge in [0.25, 0.3) is 0 Å². The molecule has 0 radical (unpaired) electrons. The minimum atomic E-state index is -0.631. The molecule has 0 amide bonds. The highest BCUT2D eigenvalue weighted by molar-refractivity contribution is 5.69. The second-order valence-corrected chi connectivity index (χ2v) is 4.31. The van der Waals surface area contributed by atoms with E-state index in [0.717, 1.165) is 25.7 Å².